The second kappa shape index (κ2) is 6.27. The van der Waals surface area contributed by atoms with Gasteiger partial charge in [-0.05, 0) is 19.9 Å². The maximum Gasteiger partial charge on any atom is 0.304 e. The summed E-state index contributed by atoms with van der Waals surface area (Å²) in [5.74, 6) is 0.529. The Labute approximate surface area is 120 Å². The Hall–Kier alpha value is -1.55. The number of rotatable bonds is 5. The predicted octanol–water partition coefficient (Wildman–Crippen LogP) is 2.94. The molecule has 1 aromatic rings. The number of para-hydroxylation sites is 1. The first kappa shape index (κ1) is 14.9. The van der Waals surface area contributed by atoms with E-state index in [2.05, 4.69) is 31.7 Å². The number of hydrogen-bond acceptors (Lipinski definition) is 3. The SMILES string of the molecule is CC1COc2ccccc2C1N(CCC(=O)O)C(C)C. The van der Waals surface area contributed by atoms with Crippen LogP contribution in [0.2, 0.25) is 0 Å². The molecule has 1 heterocycles. The van der Waals surface area contributed by atoms with Crippen molar-refractivity contribution < 1.29 is 14.6 Å². The fourth-order valence-corrected chi connectivity index (χ4v) is 2.92. The van der Waals surface area contributed by atoms with Crippen molar-refractivity contribution in [3.05, 3.63) is 29.8 Å². The number of carboxylic acid groups (broad SMARTS) is 1. The van der Waals surface area contributed by atoms with E-state index in [1.807, 2.05) is 18.2 Å². The number of ether oxygens (including phenoxy) is 1. The van der Waals surface area contributed by atoms with Gasteiger partial charge in [0.15, 0.2) is 0 Å². The van der Waals surface area contributed by atoms with E-state index in [4.69, 9.17) is 9.84 Å². The van der Waals surface area contributed by atoms with E-state index in [0.29, 0.717) is 25.1 Å². The standard InChI is InChI=1S/C16H23NO3/c1-11(2)17(9-8-15(18)19)16-12(3)10-20-14-7-5-4-6-13(14)16/h4-7,11-12,16H,8-10H2,1-3H3,(H,18,19). The Morgan fingerprint density at radius 3 is 2.80 bits per heavy atom. The lowest BCUT2D eigenvalue weighted by Crippen LogP contribution is -2.42. The summed E-state index contributed by atoms with van der Waals surface area (Å²) in [6.45, 7) is 7.64. The van der Waals surface area contributed by atoms with E-state index >= 15 is 0 Å². The minimum Gasteiger partial charge on any atom is -0.493 e. The van der Waals surface area contributed by atoms with Crippen LogP contribution in [-0.2, 0) is 4.79 Å². The Bertz CT molecular complexity index is 473. The topological polar surface area (TPSA) is 49.8 Å². The molecule has 2 rings (SSSR count). The third kappa shape index (κ3) is 3.12. The van der Waals surface area contributed by atoms with E-state index in [1.54, 1.807) is 0 Å². The molecule has 4 nitrogen and oxygen atoms in total. The van der Waals surface area contributed by atoms with E-state index in [1.165, 1.54) is 5.56 Å². The molecule has 0 bridgehead atoms. The number of aliphatic carboxylic acids is 1. The summed E-state index contributed by atoms with van der Waals surface area (Å²) in [7, 11) is 0. The van der Waals surface area contributed by atoms with Gasteiger partial charge < -0.3 is 9.84 Å². The zero-order valence-electron chi connectivity index (χ0n) is 12.4. The van der Waals surface area contributed by atoms with Gasteiger partial charge in [0, 0.05) is 30.1 Å². The van der Waals surface area contributed by atoms with Crippen molar-refractivity contribution in [3.63, 3.8) is 0 Å². The quantitative estimate of drug-likeness (QED) is 0.899. The highest BCUT2D eigenvalue weighted by atomic mass is 16.5. The lowest BCUT2D eigenvalue weighted by atomic mass is 9.89. The first-order valence-electron chi connectivity index (χ1n) is 7.20. The van der Waals surface area contributed by atoms with Gasteiger partial charge in [-0.3, -0.25) is 9.69 Å². The van der Waals surface area contributed by atoms with Crippen LogP contribution < -0.4 is 4.74 Å². The lowest BCUT2D eigenvalue weighted by molar-refractivity contribution is -0.137. The zero-order valence-corrected chi connectivity index (χ0v) is 12.4. The van der Waals surface area contributed by atoms with Crippen LogP contribution in [0.4, 0.5) is 0 Å². The van der Waals surface area contributed by atoms with Gasteiger partial charge in [-0.2, -0.15) is 0 Å². The van der Waals surface area contributed by atoms with Crippen molar-refractivity contribution in [3.8, 4) is 5.75 Å². The molecule has 0 spiro atoms. The number of benzene rings is 1. The van der Waals surface area contributed by atoms with Gasteiger partial charge in [-0.15, -0.1) is 0 Å². The molecule has 0 saturated carbocycles. The Balaban J connectivity index is 2.29. The third-order valence-electron chi connectivity index (χ3n) is 3.88. The predicted molar refractivity (Wildman–Crippen MR) is 77.9 cm³/mol. The molecule has 1 aliphatic rings. The average Bonchev–Trinajstić information content (AvgIpc) is 2.40. The molecule has 20 heavy (non-hydrogen) atoms. The van der Waals surface area contributed by atoms with Crippen molar-refractivity contribution in [1.29, 1.82) is 0 Å². The number of nitrogens with zero attached hydrogens (tertiary/aromatic N) is 1. The molecular formula is C16H23NO3. The van der Waals surface area contributed by atoms with Gasteiger partial charge in [-0.25, -0.2) is 0 Å². The molecule has 4 heteroatoms. The number of fused-ring (bicyclic) bond motifs is 1. The summed E-state index contributed by atoms with van der Waals surface area (Å²) >= 11 is 0. The minimum atomic E-state index is -0.747. The Morgan fingerprint density at radius 1 is 1.45 bits per heavy atom. The summed E-state index contributed by atoms with van der Waals surface area (Å²) in [4.78, 5) is 13.2. The molecule has 1 N–H and O–H groups in total. The molecule has 2 atom stereocenters. The first-order valence-corrected chi connectivity index (χ1v) is 7.20. The summed E-state index contributed by atoms with van der Waals surface area (Å²) in [6, 6.07) is 8.59. The Kier molecular flexibility index (Phi) is 4.65. The van der Waals surface area contributed by atoms with Crippen molar-refractivity contribution in [2.24, 2.45) is 5.92 Å². The van der Waals surface area contributed by atoms with Crippen LogP contribution in [0.15, 0.2) is 24.3 Å². The van der Waals surface area contributed by atoms with Gasteiger partial charge in [0.05, 0.1) is 13.0 Å². The summed E-state index contributed by atoms with van der Waals surface area (Å²) in [5.41, 5.74) is 1.17. The monoisotopic (exact) mass is 277 g/mol. The summed E-state index contributed by atoms with van der Waals surface area (Å²) < 4.78 is 5.78. The Morgan fingerprint density at radius 2 is 2.15 bits per heavy atom. The lowest BCUT2D eigenvalue weighted by Gasteiger charge is -2.41. The van der Waals surface area contributed by atoms with Gasteiger partial charge in [0.2, 0.25) is 0 Å². The van der Waals surface area contributed by atoms with Crippen molar-refractivity contribution in [2.75, 3.05) is 13.2 Å². The maximum absolute atomic E-state index is 10.9. The second-order valence-corrected chi connectivity index (χ2v) is 5.75. The number of carboxylic acids is 1. The molecule has 0 fully saturated rings. The van der Waals surface area contributed by atoms with Crippen molar-refractivity contribution >= 4 is 5.97 Å². The minimum absolute atomic E-state index is 0.171. The van der Waals surface area contributed by atoms with Gasteiger partial charge in [0.1, 0.15) is 5.75 Å². The van der Waals surface area contributed by atoms with Crippen LogP contribution >= 0.6 is 0 Å². The van der Waals surface area contributed by atoms with Crippen LogP contribution in [0, 0.1) is 5.92 Å². The van der Waals surface area contributed by atoms with Gasteiger partial charge in [-0.1, -0.05) is 25.1 Å². The maximum atomic E-state index is 10.9. The number of hydrogen-bond donors (Lipinski definition) is 1. The van der Waals surface area contributed by atoms with Crippen LogP contribution in [0.1, 0.15) is 38.8 Å². The van der Waals surface area contributed by atoms with E-state index in [0.717, 1.165) is 5.75 Å². The molecule has 0 amide bonds. The largest absolute Gasteiger partial charge is 0.493 e. The molecular weight excluding hydrogens is 254 g/mol. The van der Waals surface area contributed by atoms with Crippen LogP contribution in [-0.4, -0.2) is 35.2 Å². The van der Waals surface area contributed by atoms with Crippen LogP contribution in [0.5, 0.6) is 5.75 Å². The van der Waals surface area contributed by atoms with Crippen LogP contribution in [0.3, 0.4) is 0 Å². The first-order chi connectivity index (χ1) is 9.50. The van der Waals surface area contributed by atoms with E-state index < -0.39 is 5.97 Å². The molecule has 0 aliphatic carbocycles. The van der Waals surface area contributed by atoms with E-state index in [-0.39, 0.29) is 12.5 Å². The number of carbonyl (C=O) groups is 1. The van der Waals surface area contributed by atoms with Crippen LogP contribution in [0.25, 0.3) is 0 Å². The fraction of sp³-hybridized carbons (Fsp3) is 0.562. The highest BCUT2D eigenvalue weighted by molar-refractivity contribution is 5.66. The van der Waals surface area contributed by atoms with Gasteiger partial charge in [0.25, 0.3) is 0 Å². The van der Waals surface area contributed by atoms with Gasteiger partial charge >= 0.3 is 5.97 Å². The summed E-state index contributed by atoms with van der Waals surface area (Å²) in [6.07, 6.45) is 0.171. The highest BCUT2D eigenvalue weighted by Gasteiger charge is 2.33. The molecule has 1 aliphatic heterocycles. The normalized spacial score (nSPS) is 21.6. The fourth-order valence-electron chi connectivity index (χ4n) is 2.92. The molecule has 110 valence electrons. The van der Waals surface area contributed by atoms with Crippen molar-refractivity contribution in [1.82, 2.24) is 4.90 Å². The van der Waals surface area contributed by atoms with Crippen molar-refractivity contribution in [2.45, 2.75) is 39.3 Å². The molecule has 2 unspecified atom stereocenters. The molecule has 0 aromatic heterocycles. The second-order valence-electron chi connectivity index (χ2n) is 5.75. The average molecular weight is 277 g/mol. The summed E-state index contributed by atoms with van der Waals surface area (Å²) in [5, 5.41) is 8.95. The van der Waals surface area contributed by atoms with E-state index in [9.17, 15) is 4.79 Å². The molecule has 1 aromatic carbocycles. The smallest absolute Gasteiger partial charge is 0.304 e. The third-order valence-corrected chi connectivity index (χ3v) is 3.88. The molecule has 0 radical (unpaired) electrons. The zero-order chi connectivity index (χ0) is 14.7. The molecule has 0 saturated heterocycles. The highest BCUT2D eigenvalue weighted by Crippen LogP contribution is 2.39.